The molecule has 22 heavy (non-hydrogen) atoms. The van der Waals surface area contributed by atoms with Crippen molar-refractivity contribution in [2.45, 2.75) is 38.3 Å². The van der Waals surface area contributed by atoms with Gasteiger partial charge in [0.1, 0.15) is 0 Å². The van der Waals surface area contributed by atoms with E-state index in [-0.39, 0.29) is 24.7 Å². The Labute approximate surface area is 129 Å². The van der Waals surface area contributed by atoms with Gasteiger partial charge in [0.2, 0.25) is 0 Å². The van der Waals surface area contributed by atoms with Crippen molar-refractivity contribution in [1.82, 2.24) is 15.5 Å². The molecule has 1 atom stereocenters. The molecule has 1 aliphatic rings. The van der Waals surface area contributed by atoms with E-state index in [4.69, 9.17) is 0 Å². The summed E-state index contributed by atoms with van der Waals surface area (Å²) in [5.74, 6) is 0. The number of urea groups is 1. The number of halogens is 2. The first kappa shape index (κ1) is 16.7. The van der Waals surface area contributed by atoms with E-state index in [0.29, 0.717) is 25.9 Å². The minimum Gasteiger partial charge on any atom is -0.335 e. The van der Waals surface area contributed by atoms with Crippen molar-refractivity contribution < 1.29 is 13.6 Å². The van der Waals surface area contributed by atoms with Crippen LogP contribution in [0.3, 0.4) is 0 Å². The van der Waals surface area contributed by atoms with Gasteiger partial charge in [-0.2, -0.15) is 0 Å². The highest BCUT2D eigenvalue weighted by Crippen LogP contribution is 2.13. The third-order valence-electron chi connectivity index (χ3n) is 3.97. The molecular weight excluding hydrogens is 288 g/mol. The Bertz CT molecular complexity index is 462. The van der Waals surface area contributed by atoms with Crippen LogP contribution in [0, 0.1) is 0 Å². The number of hydrogen-bond acceptors (Lipinski definition) is 2. The second-order valence-electron chi connectivity index (χ2n) is 5.72. The summed E-state index contributed by atoms with van der Waals surface area (Å²) in [5.41, 5.74) is 1.05. The van der Waals surface area contributed by atoms with Crippen molar-refractivity contribution >= 4 is 6.03 Å². The molecule has 0 aliphatic carbocycles. The van der Waals surface area contributed by atoms with Gasteiger partial charge >= 0.3 is 6.03 Å². The molecule has 0 bridgehead atoms. The Hall–Kier alpha value is -1.69. The Morgan fingerprint density at radius 1 is 1.27 bits per heavy atom. The second-order valence-corrected chi connectivity index (χ2v) is 5.72. The summed E-state index contributed by atoms with van der Waals surface area (Å²) in [6, 6.07) is 9.51. The van der Waals surface area contributed by atoms with Gasteiger partial charge in [0.05, 0.1) is 12.6 Å². The fraction of sp³-hybridized carbons (Fsp3) is 0.562. The van der Waals surface area contributed by atoms with Gasteiger partial charge < -0.3 is 10.6 Å². The van der Waals surface area contributed by atoms with E-state index < -0.39 is 6.43 Å². The highest BCUT2D eigenvalue weighted by molar-refractivity contribution is 5.74. The van der Waals surface area contributed by atoms with Crippen molar-refractivity contribution in [1.29, 1.82) is 0 Å². The summed E-state index contributed by atoms with van der Waals surface area (Å²) in [6.45, 7) is 2.96. The summed E-state index contributed by atoms with van der Waals surface area (Å²) >= 11 is 0. The summed E-state index contributed by atoms with van der Waals surface area (Å²) in [6.07, 6.45) is -0.876. The number of nitrogens with zero attached hydrogens (tertiary/aromatic N) is 1. The molecule has 0 saturated carbocycles. The van der Waals surface area contributed by atoms with Gasteiger partial charge in [-0.15, -0.1) is 0 Å². The molecule has 1 aliphatic heterocycles. The van der Waals surface area contributed by atoms with E-state index in [1.807, 2.05) is 37.3 Å². The zero-order chi connectivity index (χ0) is 15.9. The minimum atomic E-state index is -2.29. The molecule has 1 saturated heterocycles. The normalized spacial score (nSPS) is 18.2. The first-order valence-electron chi connectivity index (χ1n) is 7.67. The number of carbonyl (C=O) groups excluding carboxylic acids is 1. The predicted molar refractivity (Wildman–Crippen MR) is 82.0 cm³/mol. The van der Waals surface area contributed by atoms with E-state index in [1.54, 1.807) is 4.90 Å². The first-order valence-corrected chi connectivity index (χ1v) is 7.67. The molecule has 1 aromatic carbocycles. The monoisotopic (exact) mass is 311 g/mol. The second kappa shape index (κ2) is 8.08. The van der Waals surface area contributed by atoms with E-state index in [2.05, 4.69) is 10.6 Å². The molecule has 2 amide bonds. The van der Waals surface area contributed by atoms with E-state index in [0.717, 1.165) is 5.56 Å². The number of alkyl halides is 2. The summed E-state index contributed by atoms with van der Waals surface area (Å²) in [5, 5.41) is 5.83. The van der Waals surface area contributed by atoms with Crippen molar-refractivity contribution in [3.05, 3.63) is 35.9 Å². The average Bonchev–Trinajstić information content (AvgIpc) is 2.49. The van der Waals surface area contributed by atoms with Gasteiger partial charge in [0, 0.05) is 19.1 Å². The van der Waals surface area contributed by atoms with Crippen molar-refractivity contribution in [2.75, 3.05) is 19.6 Å². The third-order valence-corrected chi connectivity index (χ3v) is 3.97. The molecule has 1 aromatic rings. The molecule has 0 radical (unpaired) electrons. The quantitative estimate of drug-likeness (QED) is 0.878. The molecule has 2 rings (SSSR count). The maximum Gasteiger partial charge on any atom is 0.315 e. The maximum atomic E-state index is 12.3. The zero-order valence-corrected chi connectivity index (χ0v) is 12.8. The SMILES string of the molecule is C[C@H](NC(=O)NC1CCN(CC(F)F)CC1)c1ccccc1. The number of hydrogen-bond donors (Lipinski definition) is 2. The number of nitrogens with one attached hydrogen (secondary N) is 2. The van der Waals surface area contributed by atoms with Gasteiger partial charge in [-0.1, -0.05) is 30.3 Å². The van der Waals surface area contributed by atoms with Crippen LogP contribution in [0.1, 0.15) is 31.4 Å². The van der Waals surface area contributed by atoms with Crippen LogP contribution in [0.5, 0.6) is 0 Å². The van der Waals surface area contributed by atoms with Crippen molar-refractivity contribution in [3.8, 4) is 0 Å². The summed E-state index contributed by atoms with van der Waals surface area (Å²) in [4.78, 5) is 13.7. The van der Waals surface area contributed by atoms with Crippen LogP contribution < -0.4 is 10.6 Å². The number of amides is 2. The third kappa shape index (κ3) is 5.26. The van der Waals surface area contributed by atoms with Gasteiger partial charge in [-0.3, -0.25) is 4.90 Å². The largest absolute Gasteiger partial charge is 0.335 e. The van der Waals surface area contributed by atoms with Gasteiger partial charge in [-0.05, 0) is 25.3 Å². The topological polar surface area (TPSA) is 44.4 Å². The molecule has 4 nitrogen and oxygen atoms in total. The van der Waals surface area contributed by atoms with Crippen LogP contribution in [0.25, 0.3) is 0 Å². The molecule has 122 valence electrons. The van der Waals surface area contributed by atoms with Crippen LogP contribution in [0.15, 0.2) is 30.3 Å². The van der Waals surface area contributed by atoms with Crippen LogP contribution >= 0.6 is 0 Å². The maximum absolute atomic E-state index is 12.3. The van der Waals surface area contributed by atoms with Crippen LogP contribution in [-0.4, -0.2) is 43.0 Å². The Morgan fingerprint density at radius 2 is 1.91 bits per heavy atom. The molecule has 0 spiro atoms. The van der Waals surface area contributed by atoms with E-state index in [1.165, 1.54) is 0 Å². The number of piperidine rings is 1. The number of rotatable bonds is 5. The standard InChI is InChI=1S/C16H23F2N3O/c1-12(13-5-3-2-4-6-13)19-16(22)20-14-7-9-21(10-8-14)11-15(17)18/h2-6,12,14-15H,7-11H2,1H3,(H2,19,20,22)/t12-/m0/s1. The van der Waals surface area contributed by atoms with Gasteiger partial charge in [0.15, 0.2) is 0 Å². The molecule has 0 unspecified atom stereocenters. The molecule has 0 aromatic heterocycles. The molecule has 1 heterocycles. The van der Waals surface area contributed by atoms with Crippen LogP contribution in [0.4, 0.5) is 13.6 Å². The summed E-state index contributed by atoms with van der Waals surface area (Å²) in [7, 11) is 0. The van der Waals surface area contributed by atoms with E-state index >= 15 is 0 Å². The van der Waals surface area contributed by atoms with E-state index in [9.17, 15) is 13.6 Å². The average molecular weight is 311 g/mol. The fourth-order valence-electron chi connectivity index (χ4n) is 2.70. The lowest BCUT2D eigenvalue weighted by Crippen LogP contribution is -2.48. The molecule has 6 heteroatoms. The Kier molecular flexibility index (Phi) is 6.12. The summed E-state index contributed by atoms with van der Waals surface area (Å²) < 4.78 is 24.6. The number of carbonyl (C=O) groups is 1. The van der Waals surface area contributed by atoms with Crippen LogP contribution in [-0.2, 0) is 0 Å². The van der Waals surface area contributed by atoms with Crippen molar-refractivity contribution in [2.24, 2.45) is 0 Å². The number of benzene rings is 1. The fourth-order valence-corrected chi connectivity index (χ4v) is 2.70. The van der Waals surface area contributed by atoms with Gasteiger partial charge in [-0.25, -0.2) is 13.6 Å². The lowest BCUT2D eigenvalue weighted by molar-refractivity contribution is 0.0736. The Morgan fingerprint density at radius 3 is 2.50 bits per heavy atom. The lowest BCUT2D eigenvalue weighted by Gasteiger charge is -2.32. The molecular formula is C16H23F2N3O. The highest BCUT2D eigenvalue weighted by atomic mass is 19.3. The minimum absolute atomic E-state index is 0.0527. The van der Waals surface area contributed by atoms with Gasteiger partial charge in [0.25, 0.3) is 6.43 Å². The lowest BCUT2D eigenvalue weighted by atomic mass is 10.1. The van der Waals surface area contributed by atoms with Crippen LogP contribution in [0.2, 0.25) is 0 Å². The van der Waals surface area contributed by atoms with Crippen molar-refractivity contribution in [3.63, 3.8) is 0 Å². The molecule has 1 fully saturated rings. The number of likely N-dealkylation sites (tertiary alicyclic amines) is 1. The highest BCUT2D eigenvalue weighted by Gasteiger charge is 2.22. The zero-order valence-electron chi connectivity index (χ0n) is 12.8. The first-order chi connectivity index (χ1) is 10.5. The smallest absolute Gasteiger partial charge is 0.315 e. The Balaban J connectivity index is 1.72. The molecule has 2 N–H and O–H groups in total. The predicted octanol–water partition coefficient (Wildman–Crippen LogP) is 2.78.